The minimum absolute atomic E-state index is 0.0346. The van der Waals surface area contributed by atoms with Crippen molar-refractivity contribution in [2.45, 2.75) is 32.0 Å². The summed E-state index contributed by atoms with van der Waals surface area (Å²) in [4.78, 5) is 28.0. The number of unbranched alkanes of at least 4 members (excludes halogenated alkanes) is 1. The van der Waals surface area contributed by atoms with Gasteiger partial charge in [0.1, 0.15) is 0 Å². The van der Waals surface area contributed by atoms with E-state index < -0.39 is 31.0 Å². The molecule has 4 N–H and O–H groups in total. The highest BCUT2D eigenvalue weighted by Crippen LogP contribution is 2.40. The Hall–Kier alpha value is -0.460. The Labute approximate surface area is 87.4 Å². The van der Waals surface area contributed by atoms with E-state index in [4.69, 9.17) is 14.9 Å². The van der Waals surface area contributed by atoms with Gasteiger partial charge in [0.05, 0.1) is 0 Å². The first-order chi connectivity index (χ1) is 6.79. The van der Waals surface area contributed by atoms with Crippen LogP contribution in [-0.4, -0.2) is 33.2 Å². The Kier molecular flexibility index (Phi) is 6.00. The number of carboxylic acids is 1. The highest BCUT2D eigenvalue weighted by Gasteiger charge is 2.34. The van der Waals surface area contributed by atoms with Crippen molar-refractivity contribution in [3.05, 3.63) is 5.21 Å². The van der Waals surface area contributed by atoms with Gasteiger partial charge in [0, 0.05) is 6.42 Å². The van der Waals surface area contributed by atoms with E-state index in [0.29, 0.717) is 12.8 Å². The molecular formula is C7H16NO6P. The van der Waals surface area contributed by atoms with Crippen LogP contribution < -0.4 is 5.06 Å². The molecule has 7 nitrogen and oxygen atoms in total. The average molecular weight is 241 g/mol. The Morgan fingerprint density at radius 1 is 1.53 bits per heavy atom. The fraction of sp³-hybridized carbons (Fsp3) is 0.857. The topological polar surface area (TPSA) is 122 Å². The number of hydroxylamine groups is 2. The Bertz CT molecular complexity index is 252. The summed E-state index contributed by atoms with van der Waals surface area (Å²) < 4.78 is 10.9. The van der Waals surface area contributed by atoms with Gasteiger partial charge in [-0.15, -0.1) is 0 Å². The summed E-state index contributed by atoms with van der Waals surface area (Å²) in [6, 6.07) is 0. The Morgan fingerprint density at radius 2 is 2.07 bits per heavy atom. The number of nitrogens with one attached hydrogen (secondary N) is 1. The standard InChI is InChI=1S/C7H16NO6P/c1-2-3-4-6(15(12,13)14)8(11)5-7(9)10/h6,8H,2-5H2,1H3,(H,9,10)(H2,12,13,14). The van der Waals surface area contributed by atoms with Crippen molar-refractivity contribution in [3.63, 3.8) is 0 Å². The monoisotopic (exact) mass is 241 g/mol. The van der Waals surface area contributed by atoms with Gasteiger partial charge in [-0.1, -0.05) is 13.3 Å². The van der Waals surface area contributed by atoms with Crippen molar-refractivity contribution >= 4 is 13.6 Å². The molecule has 0 aliphatic heterocycles. The van der Waals surface area contributed by atoms with E-state index >= 15 is 0 Å². The van der Waals surface area contributed by atoms with Crippen molar-refractivity contribution in [1.29, 1.82) is 0 Å². The molecule has 90 valence electrons. The third-order valence-corrected chi connectivity index (χ3v) is 3.29. The van der Waals surface area contributed by atoms with Gasteiger partial charge in [0.25, 0.3) is 0 Å². The summed E-state index contributed by atoms with van der Waals surface area (Å²) in [5.74, 6) is -2.83. The maximum atomic E-state index is 11.2. The van der Waals surface area contributed by atoms with Crippen molar-refractivity contribution in [3.8, 4) is 0 Å². The first-order valence-electron chi connectivity index (χ1n) is 4.58. The predicted octanol–water partition coefficient (Wildman–Crippen LogP) is -0.852. The van der Waals surface area contributed by atoms with Gasteiger partial charge >= 0.3 is 13.6 Å². The van der Waals surface area contributed by atoms with Crippen molar-refractivity contribution < 1.29 is 29.3 Å². The minimum atomic E-state index is -4.53. The lowest BCUT2D eigenvalue weighted by Gasteiger charge is -2.30. The number of hydrogen-bond acceptors (Lipinski definition) is 3. The summed E-state index contributed by atoms with van der Waals surface area (Å²) >= 11 is 0. The number of rotatable bonds is 7. The maximum Gasteiger partial charge on any atom is 0.382 e. The molecule has 0 bridgehead atoms. The molecule has 0 saturated heterocycles. The van der Waals surface area contributed by atoms with Crippen LogP contribution in [0.25, 0.3) is 0 Å². The quantitative estimate of drug-likeness (QED) is 0.340. The van der Waals surface area contributed by atoms with Crippen LogP contribution in [0.4, 0.5) is 0 Å². The van der Waals surface area contributed by atoms with Crippen LogP contribution in [0.2, 0.25) is 0 Å². The number of hydrogen-bond donors (Lipinski definition) is 4. The fourth-order valence-electron chi connectivity index (χ4n) is 1.18. The molecule has 0 amide bonds. The lowest BCUT2D eigenvalue weighted by molar-refractivity contribution is -0.854. The molecule has 2 atom stereocenters. The van der Waals surface area contributed by atoms with Crippen molar-refractivity contribution in [1.82, 2.24) is 0 Å². The van der Waals surface area contributed by atoms with Gasteiger partial charge in [-0.3, -0.25) is 4.57 Å². The van der Waals surface area contributed by atoms with E-state index in [9.17, 15) is 14.6 Å². The van der Waals surface area contributed by atoms with E-state index in [1.54, 1.807) is 0 Å². The molecule has 0 aromatic rings. The van der Waals surface area contributed by atoms with Gasteiger partial charge in [0.15, 0.2) is 12.3 Å². The van der Waals surface area contributed by atoms with Gasteiger partial charge < -0.3 is 25.2 Å². The molecule has 15 heavy (non-hydrogen) atoms. The maximum absolute atomic E-state index is 11.2. The van der Waals surface area contributed by atoms with E-state index in [-0.39, 0.29) is 6.42 Å². The second kappa shape index (κ2) is 6.19. The summed E-state index contributed by atoms with van der Waals surface area (Å²) in [6.45, 7) is 0.984. The summed E-state index contributed by atoms with van der Waals surface area (Å²) in [5, 5.41) is 18.7. The number of aliphatic carboxylic acids is 1. The van der Waals surface area contributed by atoms with Gasteiger partial charge in [-0.25, -0.2) is 4.79 Å². The van der Waals surface area contributed by atoms with Crippen LogP contribution in [0.15, 0.2) is 0 Å². The zero-order valence-corrected chi connectivity index (χ0v) is 9.31. The van der Waals surface area contributed by atoms with E-state index in [2.05, 4.69) is 0 Å². The minimum Gasteiger partial charge on any atom is -0.633 e. The van der Waals surface area contributed by atoms with E-state index in [1.807, 2.05) is 6.92 Å². The van der Waals surface area contributed by atoms with Crippen LogP contribution in [0.3, 0.4) is 0 Å². The zero-order valence-electron chi connectivity index (χ0n) is 8.42. The van der Waals surface area contributed by atoms with Crippen LogP contribution in [0, 0.1) is 5.21 Å². The van der Waals surface area contributed by atoms with Crippen LogP contribution in [-0.2, 0) is 9.36 Å². The second-order valence-corrected chi connectivity index (χ2v) is 5.09. The smallest absolute Gasteiger partial charge is 0.382 e. The molecule has 0 rings (SSSR count). The van der Waals surface area contributed by atoms with Crippen LogP contribution in [0.1, 0.15) is 26.2 Å². The average Bonchev–Trinajstić information content (AvgIpc) is 2.00. The lowest BCUT2D eigenvalue weighted by Crippen LogP contribution is -3.12. The molecule has 8 heteroatoms. The highest BCUT2D eigenvalue weighted by atomic mass is 31.2. The first kappa shape index (κ1) is 14.5. The summed E-state index contributed by atoms with van der Waals surface area (Å²) in [5.41, 5.74) is 0. The Balaban J connectivity index is 4.48. The molecule has 0 spiro atoms. The first-order valence-corrected chi connectivity index (χ1v) is 6.27. The lowest BCUT2D eigenvalue weighted by atomic mass is 10.2. The highest BCUT2D eigenvalue weighted by molar-refractivity contribution is 7.52. The fourth-order valence-corrected chi connectivity index (χ4v) is 2.17. The van der Waals surface area contributed by atoms with E-state index in [0.717, 1.165) is 0 Å². The third kappa shape index (κ3) is 5.86. The number of quaternary nitrogens is 1. The third-order valence-electron chi connectivity index (χ3n) is 1.93. The summed E-state index contributed by atoms with van der Waals surface area (Å²) in [7, 11) is -4.53. The van der Waals surface area contributed by atoms with Crippen molar-refractivity contribution in [2.24, 2.45) is 0 Å². The summed E-state index contributed by atoms with van der Waals surface area (Å²) in [6.07, 6.45) is 1.21. The molecule has 0 aliphatic rings. The van der Waals surface area contributed by atoms with Gasteiger partial charge in [0.2, 0.25) is 0 Å². The zero-order chi connectivity index (χ0) is 12.1. The predicted molar refractivity (Wildman–Crippen MR) is 52.2 cm³/mol. The second-order valence-electron chi connectivity index (χ2n) is 3.28. The molecule has 0 radical (unpaired) electrons. The van der Waals surface area contributed by atoms with E-state index in [1.165, 1.54) is 0 Å². The van der Waals surface area contributed by atoms with Crippen molar-refractivity contribution in [2.75, 3.05) is 6.54 Å². The molecule has 2 unspecified atom stereocenters. The molecule has 0 aromatic heterocycles. The molecule has 0 fully saturated rings. The molecule has 0 aromatic carbocycles. The Morgan fingerprint density at radius 3 is 2.40 bits per heavy atom. The SMILES string of the molecule is CCCCC([NH+]([O-])CC(=O)O)P(=O)(O)O. The van der Waals surface area contributed by atoms with Crippen LogP contribution in [0.5, 0.6) is 0 Å². The normalized spacial score (nSPS) is 16.0. The molecule has 0 aliphatic carbocycles. The van der Waals surface area contributed by atoms with Gasteiger partial charge in [-0.2, -0.15) is 0 Å². The number of carbonyl (C=O) groups is 1. The molecule has 0 heterocycles. The van der Waals surface area contributed by atoms with Crippen LogP contribution >= 0.6 is 7.60 Å². The number of carboxylic acid groups (broad SMARTS) is 1. The molecule has 0 saturated carbocycles. The largest absolute Gasteiger partial charge is 0.633 e. The molecular weight excluding hydrogens is 225 g/mol. The van der Waals surface area contributed by atoms with Gasteiger partial charge in [-0.05, 0) is 6.42 Å².